The highest BCUT2D eigenvalue weighted by molar-refractivity contribution is 5.79. The molecule has 0 saturated carbocycles. The summed E-state index contributed by atoms with van der Waals surface area (Å²) >= 11 is 0. The number of hydrogen-bond acceptors (Lipinski definition) is 14. The average Bonchev–Trinajstić information content (AvgIpc) is 3.34. The van der Waals surface area contributed by atoms with E-state index in [4.69, 9.17) is 28.4 Å². The zero-order chi connectivity index (χ0) is 39.7. The van der Waals surface area contributed by atoms with Crippen molar-refractivity contribution in [3.05, 3.63) is 0 Å². The van der Waals surface area contributed by atoms with Crippen molar-refractivity contribution in [3.63, 3.8) is 0 Å². The van der Waals surface area contributed by atoms with E-state index in [1.165, 1.54) is 21.0 Å². The number of nitrogens with zero attached hydrogens (tertiary/aromatic N) is 1. The number of carbonyl (C=O) groups excluding carboxylic acids is 2. The quantitative estimate of drug-likeness (QED) is 0.122. The van der Waals surface area contributed by atoms with Gasteiger partial charge in [-0.05, 0) is 68.5 Å². The molecule has 6 N–H and O–H groups in total. The molecule has 0 aromatic rings. The molecule has 0 unspecified atom stereocenters. The van der Waals surface area contributed by atoms with Crippen molar-refractivity contribution in [1.29, 1.82) is 0 Å². The molecule has 15 nitrogen and oxygen atoms in total. The molecule has 0 spiro atoms. The Morgan fingerprint density at radius 1 is 1.08 bits per heavy atom. The molecule has 3 rings (SSSR count). The smallest absolute Gasteiger partial charge is 0.309 e. The first-order valence-corrected chi connectivity index (χ1v) is 18.7. The molecule has 0 aliphatic carbocycles. The predicted octanol–water partition coefficient (Wildman–Crippen LogP) is 1.09. The van der Waals surface area contributed by atoms with Crippen LogP contribution in [0.1, 0.15) is 94.9 Å². The molecule has 15 heteroatoms. The maximum atomic E-state index is 14.1. The number of ether oxygens (including phenoxy) is 6. The second kappa shape index (κ2) is 17.5. The lowest BCUT2D eigenvalue weighted by Gasteiger charge is -2.48. The minimum atomic E-state index is -1.91. The number of aliphatic hydroxyl groups is 5. The molecule has 3 heterocycles. The first-order chi connectivity index (χ1) is 23.9. The number of aliphatic hydroxyl groups excluding tert-OH is 4. The topological polar surface area (TPSA) is 206 Å². The predicted molar refractivity (Wildman–Crippen MR) is 190 cm³/mol. The molecule has 0 radical (unpaired) electrons. The van der Waals surface area contributed by atoms with Gasteiger partial charge in [0.25, 0.3) is 0 Å². The van der Waals surface area contributed by atoms with E-state index in [0.717, 1.165) is 0 Å². The normalized spacial score (nSPS) is 39.5. The van der Waals surface area contributed by atoms with Gasteiger partial charge in [0, 0.05) is 31.9 Å². The van der Waals surface area contributed by atoms with Gasteiger partial charge in [-0.3, -0.25) is 9.59 Å². The van der Waals surface area contributed by atoms with Gasteiger partial charge in [0.15, 0.2) is 12.6 Å². The molecule has 18 atom stereocenters. The monoisotopic (exact) mass is 748 g/mol. The Hall–Kier alpha value is -1.50. The summed E-state index contributed by atoms with van der Waals surface area (Å²) in [5, 5.41) is 57.4. The van der Waals surface area contributed by atoms with Gasteiger partial charge in [0.05, 0.1) is 47.9 Å². The summed E-state index contributed by atoms with van der Waals surface area (Å²) in [6.45, 7) is 16.8. The summed E-state index contributed by atoms with van der Waals surface area (Å²) in [7, 11) is 5.22. The second-order valence-corrected chi connectivity index (χ2v) is 16.5. The van der Waals surface area contributed by atoms with Crippen LogP contribution >= 0.6 is 0 Å². The third-order valence-electron chi connectivity index (χ3n) is 11.8. The second-order valence-electron chi connectivity index (χ2n) is 16.5. The maximum Gasteiger partial charge on any atom is 0.309 e. The van der Waals surface area contributed by atoms with E-state index < -0.39 is 108 Å². The fourth-order valence-corrected chi connectivity index (χ4v) is 8.20. The summed E-state index contributed by atoms with van der Waals surface area (Å²) in [5.74, 6) is -3.11. The van der Waals surface area contributed by atoms with Gasteiger partial charge in [-0.15, -0.1) is 0 Å². The number of nitrogens with one attached hydrogen (secondary N) is 1. The molecule has 304 valence electrons. The lowest BCUT2D eigenvalue weighted by atomic mass is 9.78. The van der Waals surface area contributed by atoms with Gasteiger partial charge in [0.2, 0.25) is 5.91 Å². The van der Waals surface area contributed by atoms with E-state index in [0.29, 0.717) is 6.42 Å². The van der Waals surface area contributed by atoms with Gasteiger partial charge in [-0.1, -0.05) is 27.7 Å². The van der Waals surface area contributed by atoms with Crippen molar-refractivity contribution in [1.82, 2.24) is 10.2 Å². The first-order valence-electron chi connectivity index (χ1n) is 18.7. The van der Waals surface area contributed by atoms with Crippen LogP contribution in [0.3, 0.4) is 0 Å². The van der Waals surface area contributed by atoms with Gasteiger partial charge < -0.3 is 64.2 Å². The van der Waals surface area contributed by atoms with E-state index in [9.17, 15) is 35.1 Å². The Morgan fingerprint density at radius 2 is 1.69 bits per heavy atom. The van der Waals surface area contributed by atoms with Gasteiger partial charge >= 0.3 is 5.97 Å². The number of hydrogen-bond donors (Lipinski definition) is 6. The Balaban J connectivity index is 2.05. The fourth-order valence-electron chi connectivity index (χ4n) is 8.20. The van der Waals surface area contributed by atoms with Crippen molar-refractivity contribution < 1.29 is 63.5 Å². The van der Waals surface area contributed by atoms with E-state index >= 15 is 0 Å². The van der Waals surface area contributed by atoms with E-state index in [1.54, 1.807) is 48.5 Å². The highest BCUT2D eigenvalue weighted by atomic mass is 16.7. The van der Waals surface area contributed by atoms with Crippen LogP contribution in [0.5, 0.6) is 0 Å². The van der Waals surface area contributed by atoms with Crippen molar-refractivity contribution in [3.8, 4) is 0 Å². The molecular formula is C37H68N2O13. The van der Waals surface area contributed by atoms with E-state index in [2.05, 4.69) is 5.32 Å². The zero-order valence-electron chi connectivity index (χ0n) is 33.4. The number of esters is 1. The molecule has 1 amide bonds. The van der Waals surface area contributed by atoms with Crippen molar-refractivity contribution in [2.45, 2.75) is 185 Å². The molecule has 3 aliphatic rings. The van der Waals surface area contributed by atoms with Gasteiger partial charge in [0.1, 0.15) is 35.6 Å². The number of cyclic esters (lactones) is 1. The Morgan fingerprint density at radius 3 is 2.21 bits per heavy atom. The Kier molecular flexibility index (Phi) is 15.1. The van der Waals surface area contributed by atoms with E-state index in [1.807, 2.05) is 25.9 Å². The summed E-state index contributed by atoms with van der Waals surface area (Å²) in [5.41, 5.74) is -4.17. The number of carbonyl (C=O) groups is 2. The SMILES string of the molecule is CC[C@@H](O)[C@@](C)(O)[C@H](O)[C@@H](C)NC(=O)[C@H](C)[C@@H](O[C@H]1C[C@@](C)(OC)[C@@H](O)[C@H](C)O1)[C@H](C)[C@@H](O[C@@H]1O[C@H](C)C[C@H](N(C)C)[C@H]1O)[C@@]1(C)C[C@@H](C)C(=O)O1. The zero-order valence-corrected chi connectivity index (χ0v) is 33.4. The number of amides is 1. The van der Waals surface area contributed by atoms with Crippen LogP contribution in [0, 0.1) is 17.8 Å². The van der Waals surface area contributed by atoms with Crippen molar-refractivity contribution >= 4 is 11.9 Å². The van der Waals surface area contributed by atoms with Crippen LogP contribution in [0.25, 0.3) is 0 Å². The lowest BCUT2D eigenvalue weighted by Crippen LogP contribution is -2.61. The van der Waals surface area contributed by atoms with Crippen molar-refractivity contribution in [2.75, 3.05) is 21.2 Å². The summed E-state index contributed by atoms with van der Waals surface area (Å²) < 4.78 is 37.4. The first kappa shape index (κ1) is 44.9. The minimum absolute atomic E-state index is 0.112. The van der Waals surface area contributed by atoms with E-state index in [-0.39, 0.29) is 31.4 Å². The van der Waals surface area contributed by atoms with Crippen molar-refractivity contribution in [2.24, 2.45) is 17.8 Å². The summed E-state index contributed by atoms with van der Waals surface area (Å²) in [6, 6.07) is -1.28. The molecule has 0 aromatic carbocycles. The van der Waals surface area contributed by atoms with Crippen LogP contribution in [-0.4, -0.2) is 154 Å². The minimum Gasteiger partial charge on any atom is -0.456 e. The number of rotatable bonds is 16. The Bertz CT molecular complexity index is 1190. The molecule has 0 aromatic heterocycles. The van der Waals surface area contributed by atoms with Crippen LogP contribution in [0.2, 0.25) is 0 Å². The molecule has 52 heavy (non-hydrogen) atoms. The fraction of sp³-hybridized carbons (Fsp3) is 0.946. The van der Waals surface area contributed by atoms with Crippen LogP contribution in [0.4, 0.5) is 0 Å². The molecule has 0 bridgehead atoms. The van der Waals surface area contributed by atoms with Crippen LogP contribution in [0.15, 0.2) is 0 Å². The molecule has 3 aliphatic heterocycles. The average molecular weight is 749 g/mol. The molecule has 3 saturated heterocycles. The molecule has 3 fully saturated rings. The highest BCUT2D eigenvalue weighted by Gasteiger charge is 2.55. The summed E-state index contributed by atoms with van der Waals surface area (Å²) in [6.07, 6.45) is -8.66. The van der Waals surface area contributed by atoms with Crippen LogP contribution < -0.4 is 5.32 Å². The third-order valence-corrected chi connectivity index (χ3v) is 11.8. The lowest BCUT2D eigenvalue weighted by molar-refractivity contribution is -0.315. The third kappa shape index (κ3) is 9.65. The van der Waals surface area contributed by atoms with Gasteiger partial charge in [-0.2, -0.15) is 0 Å². The number of methoxy groups -OCH3 is 1. The van der Waals surface area contributed by atoms with Gasteiger partial charge in [-0.25, -0.2) is 0 Å². The molecular weight excluding hydrogens is 680 g/mol. The largest absolute Gasteiger partial charge is 0.456 e. The maximum absolute atomic E-state index is 14.1. The number of likely N-dealkylation sites (N-methyl/N-ethyl adjacent to an activating group) is 1. The Labute approximate surface area is 309 Å². The summed E-state index contributed by atoms with van der Waals surface area (Å²) in [4.78, 5) is 28.9. The standard InChI is InChI=1S/C37H68N2O13/c1-14-25(40)37(10,46)29(42)22(6)38-32(44)21(5)28(50-26-17-35(8,47-13)30(43)23(7)49-26)20(4)31(36(9)16-18(2)33(45)52-36)51-34-27(41)24(39(11)12)15-19(3)48-34/h18-31,34,40-43,46H,14-17H2,1-13H3,(H,38,44)/t18-,19-,20+,21-,22-,23+,24+,25-,26+,27-,28+,29-,30+,31-,34+,35-,36-,37-/m1/s1. The highest BCUT2D eigenvalue weighted by Crippen LogP contribution is 2.43. The van der Waals surface area contributed by atoms with Crippen LogP contribution in [-0.2, 0) is 38.0 Å².